The van der Waals surface area contributed by atoms with Crippen LogP contribution in [0.5, 0.6) is 5.75 Å². The molecular formula is C18H20N2O3S. The summed E-state index contributed by atoms with van der Waals surface area (Å²) in [5.41, 5.74) is 1.12. The Hall–Kier alpha value is -2.47. The highest BCUT2D eigenvalue weighted by atomic mass is 32.2. The minimum Gasteiger partial charge on any atom is -0.495 e. The van der Waals surface area contributed by atoms with Crippen LogP contribution >= 0.6 is 11.8 Å². The van der Waals surface area contributed by atoms with Gasteiger partial charge in [0.05, 0.1) is 18.0 Å². The average molecular weight is 344 g/mol. The summed E-state index contributed by atoms with van der Waals surface area (Å²) in [6.07, 6.45) is 0. The Balaban J connectivity index is 2.10. The van der Waals surface area contributed by atoms with Gasteiger partial charge in [0.2, 0.25) is 11.8 Å². The van der Waals surface area contributed by atoms with Crippen LogP contribution < -0.4 is 15.4 Å². The van der Waals surface area contributed by atoms with Crippen LogP contribution in [0.25, 0.3) is 0 Å². The summed E-state index contributed by atoms with van der Waals surface area (Å²) < 4.78 is 5.27. The van der Waals surface area contributed by atoms with Crippen LogP contribution in [0.4, 0.5) is 11.4 Å². The first-order valence-electron chi connectivity index (χ1n) is 7.48. The normalized spacial score (nSPS) is 11.5. The average Bonchev–Trinajstić information content (AvgIpc) is 2.55. The molecule has 24 heavy (non-hydrogen) atoms. The number of rotatable bonds is 6. The highest BCUT2D eigenvalue weighted by Crippen LogP contribution is 2.29. The monoisotopic (exact) mass is 344 g/mol. The molecule has 0 saturated heterocycles. The second kappa shape index (κ2) is 8.40. The zero-order valence-corrected chi connectivity index (χ0v) is 14.6. The number of benzene rings is 2. The molecule has 0 heterocycles. The fourth-order valence-corrected chi connectivity index (χ4v) is 2.97. The lowest BCUT2D eigenvalue weighted by Gasteiger charge is -2.15. The van der Waals surface area contributed by atoms with Gasteiger partial charge in [0.15, 0.2) is 0 Å². The summed E-state index contributed by atoms with van der Waals surface area (Å²) in [6, 6.07) is 14.8. The Morgan fingerprint density at radius 3 is 2.42 bits per heavy atom. The second-order valence-corrected chi connectivity index (χ2v) is 6.57. The molecule has 0 unspecified atom stereocenters. The highest BCUT2D eigenvalue weighted by molar-refractivity contribution is 8.00. The molecule has 1 atom stereocenters. The maximum Gasteiger partial charge on any atom is 0.237 e. The van der Waals surface area contributed by atoms with Gasteiger partial charge in [0.1, 0.15) is 5.75 Å². The first kappa shape index (κ1) is 17.9. The Kier molecular flexibility index (Phi) is 6.26. The molecule has 2 aromatic carbocycles. The number of carbonyl (C=O) groups is 2. The van der Waals surface area contributed by atoms with Crippen molar-refractivity contribution in [1.82, 2.24) is 0 Å². The molecule has 5 nitrogen and oxygen atoms in total. The SMILES string of the molecule is COc1ccc(NC(C)=O)cc1NC(=O)[C@H](C)Sc1ccccc1. The highest BCUT2D eigenvalue weighted by Gasteiger charge is 2.16. The van der Waals surface area contributed by atoms with E-state index in [4.69, 9.17) is 4.74 Å². The number of nitrogens with one attached hydrogen (secondary N) is 2. The van der Waals surface area contributed by atoms with Crippen LogP contribution in [0.2, 0.25) is 0 Å². The summed E-state index contributed by atoms with van der Waals surface area (Å²) in [5, 5.41) is 5.27. The molecule has 0 aliphatic heterocycles. The molecule has 2 N–H and O–H groups in total. The van der Waals surface area contributed by atoms with Crippen LogP contribution in [0.15, 0.2) is 53.4 Å². The van der Waals surface area contributed by atoms with Gasteiger partial charge in [-0.25, -0.2) is 0 Å². The third-order valence-electron chi connectivity index (χ3n) is 3.20. The molecule has 0 fully saturated rings. The van der Waals surface area contributed by atoms with Crippen molar-refractivity contribution in [2.24, 2.45) is 0 Å². The van der Waals surface area contributed by atoms with Gasteiger partial charge in [0, 0.05) is 17.5 Å². The summed E-state index contributed by atoms with van der Waals surface area (Å²) >= 11 is 1.48. The number of methoxy groups -OCH3 is 1. The quantitative estimate of drug-likeness (QED) is 0.783. The second-order valence-electron chi connectivity index (χ2n) is 5.16. The molecule has 0 aliphatic carbocycles. The van der Waals surface area contributed by atoms with Crippen LogP contribution in [-0.2, 0) is 9.59 Å². The molecule has 2 amide bonds. The molecule has 0 aliphatic rings. The smallest absolute Gasteiger partial charge is 0.237 e. The zero-order chi connectivity index (χ0) is 17.5. The van der Waals surface area contributed by atoms with Gasteiger partial charge in [0.25, 0.3) is 0 Å². The van der Waals surface area contributed by atoms with Crippen LogP contribution in [0.1, 0.15) is 13.8 Å². The zero-order valence-electron chi connectivity index (χ0n) is 13.8. The van der Waals surface area contributed by atoms with Gasteiger partial charge < -0.3 is 15.4 Å². The van der Waals surface area contributed by atoms with Gasteiger partial charge in [-0.2, -0.15) is 0 Å². The third kappa shape index (κ3) is 5.03. The lowest BCUT2D eigenvalue weighted by Crippen LogP contribution is -2.22. The maximum atomic E-state index is 12.4. The number of thioether (sulfide) groups is 1. The molecule has 6 heteroatoms. The maximum absolute atomic E-state index is 12.4. The van der Waals surface area contributed by atoms with Crippen molar-refractivity contribution in [3.05, 3.63) is 48.5 Å². The van der Waals surface area contributed by atoms with Crippen molar-refractivity contribution < 1.29 is 14.3 Å². The van der Waals surface area contributed by atoms with Gasteiger partial charge in [-0.3, -0.25) is 9.59 Å². The van der Waals surface area contributed by atoms with Crippen molar-refractivity contribution in [1.29, 1.82) is 0 Å². The Morgan fingerprint density at radius 2 is 1.79 bits per heavy atom. The van der Waals surface area contributed by atoms with E-state index in [-0.39, 0.29) is 17.1 Å². The van der Waals surface area contributed by atoms with Gasteiger partial charge in [-0.1, -0.05) is 18.2 Å². The predicted octanol–water partition coefficient (Wildman–Crippen LogP) is 3.77. The molecule has 0 spiro atoms. The molecule has 0 aromatic heterocycles. The number of hydrogen-bond donors (Lipinski definition) is 2. The minimum absolute atomic E-state index is 0.137. The lowest BCUT2D eigenvalue weighted by molar-refractivity contribution is -0.115. The summed E-state index contributed by atoms with van der Waals surface area (Å²) in [6.45, 7) is 3.28. The molecule has 0 radical (unpaired) electrons. The summed E-state index contributed by atoms with van der Waals surface area (Å²) in [7, 11) is 1.53. The fourth-order valence-electron chi connectivity index (χ4n) is 2.08. The Morgan fingerprint density at radius 1 is 1.08 bits per heavy atom. The molecule has 0 bridgehead atoms. The first-order valence-corrected chi connectivity index (χ1v) is 8.35. The van der Waals surface area contributed by atoms with Gasteiger partial charge in [-0.05, 0) is 37.3 Å². The largest absolute Gasteiger partial charge is 0.495 e. The van der Waals surface area contributed by atoms with Gasteiger partial charge in [-0.15, -0.1) is 11.8 Å². The van der Waals surface area contributed by atoms with E-state index in [1.165, 1.54) is 25.8 Å². The number of amides is 2. The van der Waals surface area contributed by atoms with E-state index in [9.17, 15) is 9.59 Å². The van der Waals surface area contributed by atoms with Crippen molar-refractivity contribution in [2.75, 3.05) is 17.7 Å². The fraction of sp³-hybridized carbons (Fsp3) is 0.222. The molecular weight excluding hydrogens is 324 g/mol. The van der Waals surface area contributed by atoms with Crippen molar-refractivity contribution in [3.8, 4) is 5.75 Å². The first-order chi connectivity index (χ1) is 11.5. The summed E-state index contributed by atoms with van der Waals surface area (Å²) in [4.78, 5) is 24.7. The van der Waals surface area contributed by atoms with Crippen LogP contribution in [0, 0.1) is 0 Å². The van der Waals surface area contributed by atoms with Gasteiger partial charge >= 0.3 is 0 Å². The van der Waals surface area contributed by atoms with Crippen molar-refractivity contribution in [2.45, 2.75) is 24.0 Å². The van der Waals surface area contributed by atoms with E-state index in [2.05, 4.69) is 10.6 Å². The minimum atomic E-state index is -0.276. The number of anilines is 2. The number of carbonyl (C=O) groups excluding carboxylic acids is 2. The lowest BCUT2D eigenvalue weighted by atomic mass is 10.2. The van der Waals surface area contributed by atoms with E-state index in [1.54, 1.807) is 18.2 Å². The van der Waals surface area contributed by atoms with E-state index >= 15 is 0 Å². The van der Waals surface area contributed by atoms with E-state index < -0.39 is 0 Å². The summed E-state index contributed by atoms with van der Waals surface area (Å²) in [5.74, 6) is 0.224. The van der Waals surface area contributed by atoms with E-state index in [1.807, 2.05) is 37.3 Å². The topological polar surface area (TPSA) is 67.4 Å². The third-order valence-corrected chi connectivity index (χ3v) is 4.31. The molecule has 2 rings (SSSR count). The number of ether oxygens (including phenoxy) is 1. The van der Waals surface area contributed by atoms with E-state index in [0.29, 0.717) is 17.1 Å². The standard InChI is InChI=1S/C18H20N2O3S/c1-12(24-15-7-5-4-6-8-15)18(22)20-16-11-14(19-13(2)21)9-10-17(16)23-3/h4-12H,1-3H3,(H,19,21)(H,20,22)/t12-/m0/s1. The number of hydrogen-bond acceptors (Lipinski definition) is 4. The molecule has 2 aromatic rings. The Labute approximate surface area is 145 Å². The van der Waals surface area contributed by atoms with E-state index in [0.717, 1.165) is 4.90 Å². The molecule has 126 valence electrons. The Bertz CT molecular complexity index is 719. The van der Waals surface area contributed by atoms with Crippen molar-refractivity contribution >= 4 is 35.0 Å². The van der Waals surface area contributed by atoms with Crippen molar-refractivity contribution in [3.63, 3.8) is 0 Å². The van der Waals surface area contributed by atoms with Crippen LogP contribution in [-0.4, -0.2) is 24.2 Å². The van der Waals surface area contributed by atoms with Crippen LogP contribution in [0.3, 0.4) is 0 Å². The molecule has 0 saturated carbocycles. The predicted molar refractivity (Wildman–Crippen MR) is 97.7 cm³/mol.